The van der Waals surface area contributed by atoms with Gasteiger partial charge in [0.25, 0.3) is 0 Å². The molecule has 0 aliphatic heterocycles. The Hall–Kier alpha value is -2.47. The zero-order valence-corrected chi connectivity index (χ0v) is 14.4. The van der Waals surface area contributed by atoms with E-state index >= 15 is 0 Å². The topological polar surface area (TPSA) is 80.9 Å². The number of carbonyl (C=O) groups is 1. The summed E-state index contributed by atoms with van der Waals surface area (Å²) in [5.41, 5.74) is 2.12. The van der Waals surface area contributed by atoms with Gasteiger partial charge in [0.1, 0.15) is 0 Å². The molecule has 1 N–H and O–H groups in total. The molecular weight excluding hydrogens is 328 g/mol. The van der Waals surface area contributed by atoms with Crippen LogP contribution in [0.25, 0.3) is 16.9 Å². The Kier molecular flexibility index (Phi) is 4.24. The number of aromatic nitrogens is 4. The summed E-state index contributed by atoms with van der Waals surface area (Å²) in [6.45, 7) is 5.88. The molecule has 24 heavy (non-hydrogen) atoms. The highest BCUT2D eigenvalue weighted by atomic mass is 35.5. The number of hydrogen-bond donors (Lipinski definition) is 1. The van der Waals surface area contributed by atoms with E-state index in [4.69, 9.17) is 11.6 Å². The van der Waals surface area contributed by atoms with Crippen LogP contribution in [-0.4, -0.2) is 30.8 Å². The Balaban J connectivity index is 2.40. The van der Waals surface area contributed by atoms with Gasteiger partial charge in [-0.05, 0) is 30.5 Å². The number of halogens is 1. The van der Waals surface area contributed by atoms with Crippen molar-refractivity contribution in [2.24, 2.45) is 0 Å². The molecule has 3 heterocycles. The summed E-state index contributed by atoms with van der Waals surface area (Å²) in [6, 6.07) is 5.08. The van der Waals surface area contributed by atoms with E-state index < -0.39 is 5.97 Å². The fourth-order valence-electron chi connectivity index (χ4n) is 2.60. The van der Waals surface area contributed by atoms with E-state index in [-0.39, 0.29) is 11.5 Å². The summed E-state index contributed by atoms with van der Waals surface area (Å²) >= 11 is 5.90. The highest BCUT2D eigenvalue weighted by molar-refractivity contribution is 6.30. The lowest BCUT2D eigenvalue weighted by Crippen LogP contribution is -2.04. The van der Waals surface area contributed by atoms with Gasteiger partial charge >= 0.3 is 5.97 Å². The van der Waals surface area contributed by atoms with Crippen LogP contribution in [0.4, 0.5) is 0 Å². The maximum atomic E-state index is 11.8. The zero-order valence-electron chi connectivity index (χ0n) is 13.6. The minimum absolute atomic E-state index is 0.0495. The molecule has 0 spiro atoms. The SMILES string of the molecule is CCc1cc(C(=O)O)c2c(C(C)C)nn(-c3ccc(Cl)cn3)c2n1. The van der Waals surface area contributed by atoms with Crippen molar-refractivity contribution < 1.29 is 9.90 Å². The van der Waals surface area contributed by atoms with E-state index in [1.165, 1.54) is 6.20 Å². The number of nitrogens with zero attached hydrogens (tertiary/aromatic N) is 4. The van der Waals surface area contributed by atoms with Crippen molar-refractivity contribution in [2.75, 3.05) is 0 Å². The van der Waals surface area contributed by atoms with E-state index in [0.717, 1.165) is 0 Å². The molecule has 0 fully saturated rings. The Bertz CT molecular complexity index is 916. The van der Waals surface area contributed by atoms with Gasteiger partial charge < -0.3 is 5.11 Å². The van der Waals surface area contributed by atoms with Crippen LogP contribution in [0.3, 0.4) is 0 Å². The maximum absolute atomic E-state index is 11.8. The zero-order chi connectivity index (χ0) is 17.4. The van der Waals surface area contributed by atoms with E-state index in [1.807, 2.05) is 20.8 Å². The first-order valence-corrected chi connectivity index (χ1v) is 8.08. The number of aromatic carboxylic acids is 1. The van der Waals surface area contributed by atoms with Crippen molar-refractivity contribution in [1.82, 2.24) is 19.7 Å². The quantitative estimate of drug-likeness (QED) is 0.777. The summed E-state index contributed by atoms with van der Waals surface area (Å²) in [7, 11) is 0. The molecule has 3 aromatic rings. The van der Waals surface area contributed by atoms with Gasteiger partial charge in [-0.25, -0.2) is 14.8 Å². The number of carboxylic acids is 1. The van der Waals surface area contributed by atoms with Gasteiger partial charge in [-0.3, -0.25) is 0 Å². The second-order valence-corrected chi connectivity index (χ2v) is 6.24. The van der Waals surface area contributed by atoms with E-state index in [1.54, 1.807) is 22.9 Å². The second-order valence-electron chi connectivity index (χ2n) is 5.80. The summed E-state index contributed by atoms with van der Waals surface area (Å²) in [5.74, 6) is -0.385. The monoisotopic (exact) mass is 344 g/mol. The molecule has 6 nitrogen and oxygen atoms in total. The molecule has 3 aromatic heterocycles. The minimum Gasteiger partial charge on any atom is -0.478 e. The Morgan fingerprint density at radius 2 is 2.12 bits per heavy atom. The largest absolute Gasteiger partial charge is 0.478 e. The highest BCUT2D eigenvalue weighted by Crippen LogP contribution is 2.29. The van der Waals surface area contributed by atoms with Crippen molar-refractivity contribution >= 4 is 28.6 Å². The summed E-state index contributed by atoms with van der Waals surface area (Å²) < 4.78 is 1.59. The normalized spacial score (nSPS) is 11.4. The van der Waals surface area contributed by atoms with Gasteiger partial charge in [-0.1, -0.05) is 32.4 Å². The maximum Gasteiger partial charge on any atom is 0.336 e. The molecule has 0 radical (unpaired) electrons. The van der Waals surface area contributed by atoms with Crippen molar-refractivity contribution in [2.45, 2.75) is 33.1 Å². The molecule has 7 heteroatoms. The van der Waals surface area contributed by atoms with Crippen molar-refractivity contribution in [3.8, 4) is 5.82 Å². The van der Waals surface area contributed by atoms with Gasteiger partial charge in [0.05, 0.1) is 21.7 Å². The van der Waals surface area contributed by atoms with E-state index in [0.29, 0.717) is 39.7 Å². The number of carboxylic acid groups (broad SMARTS) is 1. The first kappa shape index (κ1) is 16.4. The first-order valence-electron chi connectivity index (χ1n) is 7.70. The van der Waals surface area contributed by atoms with E-state index in [9.17, 15) is 9.90 Å². The molecule has 0 aliphatic rings. The summed E-state index contributed by atoms with van der Waals surface area (Å²) in [6.07, 6.45) is 2.16. The van der Waals surface area contributed by atoms with Crippen LogP contribution in [0.1, 0.15) is 48.4 Å². The second kappa shape index (κ2) is 6.20. The van der Waals surface area contributed by atoms with Crippen LogP contribution < -0.4 is 0 Å². The van der Waals surface area contributed by atoms with Crippen LogP contribution in [0.2, 0.25) is 5.02 Å². The predicted molar refractivity (Wildman–Crippen MR) is 92.1 cm³/mol. The molecule has 3 rings (SSSR count). The highest BCUT2D eigenvalue weighted by Gasteiger charge is 2.23. The number of fused-ring (bicyclic) bond motifs is 1. The third-order valence-electron chi connectivity index (χ3n) is 3.79. The fraction of sp³-hybridized carbons (Fsp3) is 0.294. The fourth-order valence-corrected chi connectivity index (χ4v) is 2.71. The van der Waals surface area contributed by atoms with Crippen LogP contribution >= 0.6 is 11.6 Å². The minimum atomic E-state index is -0.984. The molecule has 0 amide bonds. The lowest BCUT2D eigenvalue weighted by molar-refractivity contribution is 0.0698. The van der Waals surface area contributed by atoms with Gasteiger partial charge in [0, 0.05) is 11.9 Å². The van der Waals surface area contributed by atoms with Gasteiger partial charge in [-0.15, -0.1) is 0 Å². The van der Waals surface area contributed by atoms with Crippen molar-refractivity contribution in [1.29, 1.82) is 0 Å². The summed E-state index contributed by atoms with van der Waals surface area (Å²) in [4.78, 5) is 20.6. The smallest absolute Gasteiger partial charge is 0.336 e. The molecule has 0 aromatic carbocycles. The molecule has 0 atom stereocenters. The van der Waals surface area contributed by atoms with Gasteiger partial charge in [0.15, 0.2) is 11.5 Å². The summed E-state index contributed by atoms with van der Waals surface area (Å²) in [5, 5.41) is 15.3. The number of aryl methyl sites for hydroxylation is 1. The number of hydrogen-bond acceptors (Lipinski definition) is 4. The number of rotatable bonds is 4. The molecule has 0 bridgehead atoms. The molecule has 0 saturated carbocycles. The van der Waals surface area contributed by atoms with E-state index in [2.05, 4.69) is 15.1 Å². The van der Waals surface area contributed by atoms with Gasteiger partial charge in [0.2, 0.25) is 0 Å². The van der Waals surface area contributed by atoms with Crippen LogP contribution in [0.5, 0.6) is 0 Å². The Morgan fingerprint density at radius 3 is 2.67 bits per heavy atom. The average Bonchev–Trinajstić information content (AvgIpc) is 2.94. The first-order chi connectivity index (χ1) is 11.4. The third-order valence-corrected chi connectivity index (χ3v) is 4.01. The average molecular weight is 345 g/mol. The Labute approximate surface area is 144 Å². The molecule has 0 unspecified atom stereocenters. The van der Waals surface area contributed by atoms with Crippen LogP contribution in [0, 0.1) is 0 Å². The molecule has 124 valence electrons. The van der Waals surface area contributed by atoms with Crippen molar-refractivity contribution in [3.05, 3.63) is 46.4 Å². The third kappa shape index (κ3) is 2.73. The Morgan fingerprint density at radius 1 is 1.38 bits per heavy atom. The lowest BCUT2D eigenvalue weighted by Gasteiger charge is -2.06. The molecule has 0 saturated heterocycles. The standard InChI is InChI=1S/C17H17ClN4O2/c1-4-11-7-12(17(23)24)14-15(9(2)3)21-22(16(14)20-11)13-6-5-10(18)8-19-13/h5-9H,4H2,1-3H3,(H,23,24). The lowest BCUT2D eigenvalue weighted by atomic mass is 10.0. The molecule has 0 aliphatic carbocycles. The number of pyridine rings is 2. The predicted octanol–water partition coefficient (Wildman–Crippen LogP) is 3.85. The molecular formula is C17H17ClN4O2. The van der Waals surface area contributed by atoms with Crippen LogP contribution in [0.15, 0.2) is 24.4 Å². The van der Waals surface area contributed by atoms with Crippen LogP contribution in [-0.2, 0) is 6.42 Å². The van der Waals surface area contributed by atoms with Crippen molar-refractivity contribution in [3.63, 3.8) is 0 Å². The van der Waals surface area contributed by atoms with Gasteiger partial charge in [-0.2, -0.15) is 9.78 Å².